The molecule has 3 rings (SSSR count). The number of carbonyl (C=O) groups excluding carboxylic acids is 1. The van der Waals surface area contributed by atoms with Gasteiger partial charge in [0.15, 0.2) is 0 Å². The molecule has 0 aliphatic carbocycles. The molecular weight excluding hydrogens is 396 g/mol. The molecule has 8 heteroatoms. The van der Waals surface area contributed by atoms with E-state index in [0.717, 1.165) is 24.0 Å². The van der Waals surface area contributed by atoms with Crippen molar-refractivity contribution in [2.24, 2.45) is 0 Å². The highest BCUT2D eigenvalue weighted by atomic mass is 16.5. The summed E-state index contributed by atoms with van der Waals surface area (Å²) in [7, 11) is 1.57. The predicted molar refractivity (Wildman–Crippen MR) is 121 cm³/mol. The lowest BCUT2D eigenvalue weighted by Gasteiger charge is -2.12. The molecule has 2 amide bonds. The first kappa shape index (κ1) is 22.3. The number of fused-ring (bicyclic) bond motifs is 1. The Kier molecular flexibility index (Phi) is 8.00. The van der Waals surface area contributed by atoms with Crippen LogP contribution in [-0.4, -0.2) is 36.1 Å². The van der Waals surface area contributed by atoms with E-state index in [-0.39, 0.29) is 18.1 Å². The summed E-state index contributed by atoms with van der Waals surface area (Å²) in [6.07, 6.45) is 2.08. The topological polar surface area (TPSA) is 94.5 Å². The molecule has 0 unspecified atom stereocenters. The van der Waals surface area contributed by atoms with Gasteiger partial charge in [0.05, 0.1) is 37.4 Å². The van der Waals surface area contributed by atoms with Crippen LogP contribution in [0.4, 0.5) is 10.5 Å². The van der Waals surface area contributed by atoms with E-state index >= 15 is 0 Å². The molecule has 0 spiro atoms. The van der Waals surface area contributed by atoms with Crippen LogP contribution in [0, 0.1) is 0 Å². The summed E-state index contributed by atoms with van der Waals surface area (Å²) in [6, 6.07) is 14.1. The standard InChI is InChI=1S/C23H28N4O4/c1-3-4-14-31-18-11-9-17(10-12-18)25-23(29)24-16-21-19-7-5-6-8-20(19)22(28)27(26-21)13-15-30-2/h5-12H,3-4,13-16H2,1-2H3,(H2,24,25,29). The largest absolute Gasteiger partial charge is 0.494 e. The number of hydrogen-bond donors (Lipinski definition) is 2. The van der Waals surface area contributed by atoms with Crippen molar-refractivity contribution in [2.75, 3.05) is 25.6 Å². The van der Waals surface area contributed by atoms with Gasteiger partial charge in [-0.2, -0.15) is 5.10 Å². The third-order valence-electron chi connectivity index (χ3n) is 4.75. The summed E-state index contributed by atoms with van der Waals surface area (Å²) in [4.78, 5) is 25.0. The fourth-order valence-electron chi connectivity index (χ4n) is 3.07. The highest BCUT2D eigenvalue weighted by Gasteiger charge is 2.11. The molecule has 1 heterocycles. The van der Waals surface area contributed by atoms with Crippen molar-refractivity contribution >= 4 is 22.5 Å². The minimum absolute atomic E-state index is 0.178. The molecule has 8 nitrogen and oxygen atoms in total. The number of ether oxygens (including phenoxy) is 2. The molecule has 3 aromatic rings. The van der Waals surface area contributed by atoms with Crippen LogP contribution < -0.4 is 20.9 Å². The van der Waals surface area contributed by atoms with Gasteiger partial charge in [0.2, 0.25) is 0 Å². The number of methoxy groups -OCH3 is 1. The SMILES string of the molecule is CCCCOc1ccc(NC(=O)NCc2nn(CCOC)c(=O)c3ccccc23)cc1. The van der Waals surface area contributed by atoms with Crippen LogP contribution >= 0.6 is 0 Å². The Morgan fingerprint density at radius 2 is 1.81 bits per heavy atom. The monoisotopic (exact) mass is 424 g/mol. The Bertz CT molecular complexity index is 1060. The van der Waals surface area contributed by atoms with E-state index in [1.54, 1.807) is 25.3 Å². The van der Waals surface area contributed by atoms with Crippen LogP contribution in [0.15, 0.2) is 53.3 Å². The summed E-state index contributed by atoms with van der Waals surface area (Å²) in [5.41, 5.74) is 1.09. The first-order valence-corrected chi connectivity index (χ1v) is 10.4. The van der Waals surface area contributed by atoms with E-state index in [4.69, 9.17) is 9.47 Å². The van der Waals surface area contributed by atoms with E-state index in [9.17, 15) is 9.59 Å². The van der Waals surface area contributed by atoms with E-state index < -0.39 is 0 Å². The molecule has 0 fully saturated rings. The number of nitrogens with one attached hydrogen (secondary N) is 2. The van der Waals surface area contributed by atoms with Gasteiger partial charge < -0.3 is 20.1 Å². The molecule has 0 saturated heterocycles. The second kappa shape index (κ2) is 11.1. The maximum atomic E-state index is 12.6. The summed E-state index contributed by atoms with van der Waals surface area (Å²) in [5, 5.41) is 11.3. The third kappa shape index (κ3) is 6.05. The fourth-order valence-corrected chi connectivity index (χ4v) is 3.07. The maximum Gasteiger partial charge on any atom is 0.319 e. The number of carbonyl (C=O) groups is 1. The van der Waals surface area contributed by atoms with E-state index in [1.165, 1.54) is 4.68 Å². The van der Waals surface area contributed by atoms with Crippen molar-refractivity contribution in [3.63, 3.8) is 0 Å². The Morgan fingerprint density at radius 3 is 2.52 bits per heavy atom. The molecule has 1 aromatic heterocycles. The average Bonchev–Trinajstić information content (AvgIpc) is 2.79. The van der Waals surface area contributed by atoms with Crippen LogP contribution in [0.2, 0.25) is 0 Å². The third-order valence-corrected chi connectivity index (χ3v) is 4.75. The zero-order valence-electron chi connectivity index (χ0n) is 17.9. The van der Waals surface area contributed by atoms with Crippen molar-refractivity contribution in [1.82, 2.24) is 15.1 Å². The van der Waals surface area contributed by atoms with Crippen molar-refractivity contribution in [3.05, 3.63) is 64.6 Å². The van der Waals surface area contributed by atoms with Crippen molar-refractivity contribution < 1.29 is 14.3 Å². The van der Waals surface area contributed by atoms with E-state index in [0.29, 0.717) is 36.5 Å². The van der Waals surface area contributed by atoms with Gasteiger partial charge in [0.25, 0.3) is 5.56 Å². The number of urea groups is 1. The minimum atomic E-state index is -0.361. The van der Waals surface area contributed by atoms with Gasteiger partial charge in [-0.25, -0.2) is 9.48 Å². The van der Waals surface area contributed by atoms with Crippen LogP contribution in [0.1, 0.15) is 25.5 Å². The van der Waals surface area contributed by atoms with E-state index in [1.807, 2.05) is 30.3 Å². The Labute approximate surface area is 181 Å². The van der Waals surface area contributed by atoms with Crippen molar-refractivity contribution in [3.8, 4) is 5.75 Å². The number of unbranched alkanes of at least 4 members (excludes halogenated alkanes) is 1. The first-order valence-electron chi connectivity index (χ1n) is 10.4. The van der Waals surface area contributed by atoms with Gasteiger partial charge in [0.1, 0.15) is 5.75 Å². The molecular formula is C23H28N4O4. The lowest BCUT2D eigenvalue weighted by Crippen LogP contribution is -2.31. The van der Waals surface area contributed by atoms with Gasteiger partial charge >= 0.3 is 6.03 Å². The van der Waals surface area contributed by atoms with Gasteiger partial charge in [-0.05, 0) is 36.8 Å². The van der Waals surface area contributed by atoms with Gasteiger partial charge in [-0.1, -0.05) is 31.5 Å². The quantitative estimate of drug-likeness (QED) is 0.486. The summed E-state index contributed by atoms with van der Waals surface area (Å²) in [6.45, 7) is 3.68. The Morgan fingerprint density at radius 1 is 1.06 bits per heavy atom. The second-order valence-corrected chi connectivity index (χ2v) is 7.05. The van der Waals surface area contributed by atoms with Gasteiger partial charge in [0, 0.05) is 18.2 Å². The zero-order valence-corrected chi connectivity index (χ0v) is 17.9. The molecule has 2 N–H and O–H groups in total. The number of rotatable bonds is 10. The first-order chi connectivity index (χ1) is 15.1. The lowest BCUT2D eigenvalue weighted by molar-refractivity contribution is 0.181. The molecule has 31 heavy (non-hydrogen) atoms. The summed E-state index contributed by atoms with van der Waals surface area (Å²) < 4.78 is 12.1. The normalized spacial score (nSPS) is 10.8. The number of benzene rings is 2. The summed E-state index contributed by atoms with van der Waals surface area (Å²) >= 11 is 0. The Hall–Kier alpha value is -3.39. The zero-order chi connectivity index (χ0) is 22.1. The molecule has 0 atom stereocenters. The van der Waals surface area contributed by atoms with Crippen molar-refractivity contribution in [2.45, 2.75) is 32.9 Å². The van der Waals surface area contributed by atoms with Crippen LogP contribution in [0.3, 0.4) is 0 Å². The molecule has 0 bridgehead atoms. The smallest absolute Gasteiger partial charge is 0.319 e. The molecule has 2 aromatic carbocycles. The number of nitrogens with zero attached hydrogens (tertiary/aromatic N) is 2. The number of hydrogen-bond acceptors (Lipinski definition) is 5. The second-order valence-electron chi connectivity index (χ2n) is 7.05. The molecule has 0 saturated carbocycles. The highest BCUT2D eigenvalue weighted by Crippen LogP contribution is 2.16. The molecule has 0 radical (unpaired) electrons. The van der Waals surface area contributed by atoms with Crippen molar-refractivity contribution in [1.29, 1.82) is 0 Å². The molecule has 0 aliphatic heterocycles. The van der Waals surface area contributed by atoms with Gasteiger partial charge in [-0.15, -0.1) is 0 Å². The minimum Gasteiger partial charge on any atom is -0.494 e. The fraction of sp³-hybridized carbons (Fsp3) is 0.348. The Balaban J connectivity index is 1.65. The van der Waals surface area contributed by atoms with Crippen LogP contribution in [-0.2, 0) is 17.8 Å². The number of amides is 2. The van der Waals surface area contributed by atoms with Crippen LogP contribution in [0.5, 0.6) is 5.75 Å². The maximum absolute atomic E-state index is 12.6. The average molecular weight is 425 g/mol. The highest BCUT2D eigenvalue weighted by molar-refractivity contribution is 5.90. The van der Waals surface area contributed by atoms with E-state index in [2.05, 4.69) is 22.7 Å². The van der Waals surface area contributed by atoms with Gasteiger partial charge in [-0.3, -0.25) is 4.79 Å². The summed E-state index contributed by atoms with van der Waals surface area (Å²) in [5.74, 6) is 0.772. The predicted octanol–water partition coefficient (Wildman–Crippen LogP) is 3.54. The number of aromatic nitrogens is 2. The van der Waals surface area contributed by atoms with Crippen LogP contribution in [0.25, 0.3) is 10.8 Å². The molecule has 0 aliphatic rings. The lowest BCUT2D eigenvalue weighted by atomic mass is 10.1. The number of anilines is 1. The molecule has 164 valence electrons.